The highest BCUT2D eigenvalue weighted by molar-refractivity contribution is 6.08. The first-order valence-corrected chi connectivity index (χ1v) is 4.65. The summed E-state index contributed by atoms with van der Waals surface area (Å²) in [4.78, 5) is 24.0. The number of hydrogen-bond acceptors (Lipinski definition) is 4. The van der Waals surface area contributed by atoms with Gasteiger partial charge in [-0.1, -0.05) is 0 Å². The van der Waals surface area contributed by atoms with Gasteiger partial charge in [-0.15, -0.1) is 0 Å². The lowest BCUT2D eigenvalue weighted by Crippen LogP contribution is -2.47. The molecule has 0 radical (unpaired) electrons. The van der Waals surface area contributed by atoms with E-state index in [2.05, 4.69) is 0 Å². The van der Waals surface area contributed by atoms with Crippen molar-refractivity contribution in [1.29, 1.82) is 0 Å². The van der Waals surface area contributed by atoms with Gasteiger partial charge in [0.2, 0.25) is 11.8 Å². The third-order valence-electron chi connectivity index (χ3n) is 2.80. The lowest BCUT2D eigenvalue weighted by Gasteiger charge is -2.26. The highest BCUT2D eigenvalue weighted by Crippen LogP contribution is 2.47. The predicted molar refractivity (Wildman–Crippen MR) is 46.0 cm³/mol. The zero-order valence-corrected chi connectivity index (χ0v) is 7.93. The summed E-state index contributed by atoms with van der Waals surface area (Å²) in [7, 11) is 0. The number of carbonyl (C=O) groups is 2. The number of aliphatic hydroxyl groups is 2. The van der Waals surface area contributed by atoms with Gasteiger partial charge in [0.25, 0.3) is 0 Å². The number of piperidine rings is 1. The number of aliphatic hydroxyl groups excluding tert-OH is 1. The maximum atomic E-state index is 11.5. The molecule has 1 heterocycles. The van der Waals surface area contributed by atoms with Gasteiger partial charge in [0.05, 0.1) is 25.0 Å². The number of carbonyl (C=O) groups excluding carboxylic acids is 2. The fourth-order valence-corrected chi connectivity index (χ4v) is 1.80. The molecule has 1 saturated heterocycles. The van der Waals surface area contributed by atoms with Crippen LogP contribution in [0, 0.1) is 11.8 Å². The number of β-amino-alcohol motifs (C(OH)–C–C–N with tert-alkyl or cyclic N) is 1. The Balaban J connectivity index is 2.06. The van der Waals surface area contributed by atoms with Crippen molar-refractivity contribution in [2.24, 2.45) is 11.8 Å². The van der Waals surface area contributed by atoms with Gasteiger partial charge in [-0.25, -0.2) is 0 Å². The summed E-state index contributed by atoms with van der Waals surface area (Å²) in [6, 6.07) is 0. The number of rotatable bonds is 3. The van der Waals surface area contributed by atoms with Gasteiger partial charge in [-0.05, 0) is 13.3 Å². The molecular weight excluding hydrogens is 186 g/mol. The molecule has 2 N–H and O–H groups in total. The molecule has 2 amide bonds. The minimum atomic E-state index is -1.39. The van der Waals surface area contributed by atoms with Crippen molar-refractivity contribution in [3.63, 3.8) is 0 Å². The first-order chi connectivity index (χ1) is 6.46. The second kappa shape index (κ2) is 2.77. The Morgan fingerprint density at radius 3 is 2.36 bits per heavy atom. The molecule has 3 unspecified atom stereocenters. The second-order valence-corrected chi connectivity index (χ2v) is 4.37. The fourth-order valence-electron chi connectivity index (χ4n) is 1.80. The van der Waals surface area contributed by atoms with Crippen LogP contribution in [0.1, 0.15) is 13.3 Å². The van der Waals surface area contributed by atoms with Crippen LogP contribution in [-0.2, 0) is 9.59 Å². The normalized spacial score (nSPS) is 34.4. The molecule has 0 spiro atoms. The van der Waals surface area contributed by atoms with Gasteiger partial charge in [0, 0.05) is 0 Å². The van der Waals surface area contributed by atoms with E-state index in [1.165, 1.54) is 6.92 Å². The van der Waals surface area contributed by atoms with E-state index in [1.807, 2.05) is 0 Å². The lowest BCUT2D eigenvalue weighted by molar-refractivity contribution is -0.146. The third kappa shape index (κ3) is 1.33. The highest BCUT2D eigenvalue weighted by Gasteiger charge is 2.59. The van der Waals surface area contributed by atoms with E-state index >= 15 is 0 Å². The molecular formula is C9H13NO4. The molecule has 3 atom stereocenters. The standard InChI is InChI=1S/C9H13NO4/c1-9(14,4-11)3-10-7(12)5-2-6(5)8(10)13/h5-6,11,14H,2-4H2,1H3. The van der Waals surface area contributed by atoms with Gasteiger partial charge in [-0.3, -0.25) is 14.5 Å². The number of likely N-dealkylation sites (tertiary alicyclic amines) is 1. The average molecular weight is 199 g/mol. The molecule has 5 nitrogen and oxygen atoms in total. The monoisotopic (exact) mass is 199 g/mol. The van der Waals surface area contributed by atoms with Gasteiger partial charge in [0.15, 0.2) is 0 Å². The Morgan fingerprint density at radius 2 is 1.93 bits per heavy atom. The molecule has 14 heavy (non-hydrogen) atoms. The van der Waals surface area contributed by atoms with E-state index in [4.69, 9.17) is 5.11 Å². The van der Waals surface area contributed by atoms with E-state index in [9.17, 15) is 14.7 Å². The van der Waals surface area contributed by atoms with Crippen LogP contribution in [0.15, 0.2) is 0 Å². The summed E-state index contributed by atoms with van der Waals surface area (Å²) < 4.78 is 0. The van der Waals surface area contributed by atoms with Crippen molar-refractivity contribution in [3.8, 4) is 0 Å². The third-order valence-corrected chi connectivity index (χ3v) is 2.80. The molecule has 2 aliphatic rings. The van der Waals surface area contributed by atoms with Gasteiger partial charge in [0.1, 0.15) is 5.60 Å². The summed E-state index contributed by atoms with van der Waals surface area (Å²) in [6.07, 6.45) is 0.662. The Hall–Kier alpha value is -0.940. The topological polar surface area (TPSA) is 77.8 Å². The molecule has 1 aliphatic heterocycles. The van der Waals surface area contributed by atoms with Crippen molar-refractivity contribution in [1.82, 2.24) is 4.90 Å². The minimum absolute atomic E-state index is 0.103. The molecule has 2 fully saturated rings. The van der Waals surface area contributed by atoms with Crippen LogP contribution >= 0.6 is 0 Å². The van der Waals surface area contributed by atoms with Crippen LogP contribution in [0.25, 0.3) is 0 Å². The quantitative estimate of drug-likeness (QED) is 0.556. The van der Waals surface area contributed by atoms with Crippen LogP contribution in [0.5, 0.6) is 0 Å². The van der Waals surface area contributed by atoms with Gasteiger partial charge >= 0.3 is 0 Å². The van der Waals surface area contributed by atoms with Gasteiger partial charge in [-0.2, -0.15) is 0 Å². The summed E-state index contributed by atoms with van der Waals surface area (Å²) in [5.41, 5.74) is -1.39. The minimum Gasteiger partial charge on any atom is -0.393 e. The van der Waals surface area contributed by atoms with Crippen LogP contribution < -0.4 is 0 Å². The maximum Gasteiger partial charge on any atom is 0.233 e. The fraction of sp³-hybridized carbons (Fsp3) is 0.778. The van der Waals surface area contributed by atoms with Crippen LogP contribution in [0.3, 0.4) is 0 Å². The maximum absolute atomic E-state index is 11.5. The molecule has 0 bridgehead atoms. The molecule has 78 valence electrons. The van der Waals surface area contributed by atoms with Crippen LogP contribution in [0.4, 0.5) is 0 Å². The summed E-state index contributed by atoms with van der Waals surface area (Å²) >= 11 is 0. The number of nitrogens with zero attached hydrogens (tertiary/aromatic N) is 1. The number of amides is 2. The molecule has 0 aromatic rings. The smallest absolute Gasteiger partial charge is 0.233 e. The van der Waals surface area contributed by atoms with Crippen molar-refractivity contribution in [3.05, 3.63) is 0 Å². The predicted octanol–water partition coefficient (Wildman–Crippen LogP) is -1.27. The summed E-state index contributed by atoms with van der Waals surface area (Å²) in [6.45, 7) is 0.838. The molecule has 1 saturated carbocycles. The molecule has 0 aromatic carbocycles. The van der Waals surface area contributed by atoms with Crippen molar-refractivity contribution in [2.45, 2.75) is 18.9 Å². The Kier molecular flexibility index (Phi) is 1.90. The molecule has 2 rings (SSSR count). The van der Waals surface area contributed by atoms with Crippen LogP contribution in [0.2, 0.25) is 0 Å². The summed E-state index contributed by atoms with van der Waals surface area (Å²) in [5, 5.41) is 18.3. The van der Waals surface area contributed by atoms with E-state index in [1.54, 1.807) is 0 Å². The average Bonchev–Trinajstić information content (AvgIpc) is 2.87. The lowest BCUT2D eigenvalue weighted by atomic mass is 10.1. The largest absolute Gasteiger partial charge is 0.393 e. The SMILES string of the molecule is CC(O)(CO)CN1C(=O)C2CC2C1=O. The number of imide groups is 1. The van der Waals surface area contributed by atoms with Crippen molar-refractivity contribution >= 4 is 11.8 Å². The van der Waals surface area contributed by atoms with Crippen molar-refractivity contribution < 1.29 is 19.8 Å². The second-order valence-electron chi connectivity index (χ2n) is 4.37. The molecule has 0 aromatic heterocycles. The van der Waals surface area contributed by atoms with Crippen LogP contribution in [-0.4, -0.2) is 45.7 Å². The Bertz CT molecular complexity index is 279. The first-order valence-electron chi connectivity index (χ1n) is 4.65. The first kappa shape index (κ1) is 9.61. The van der Waals surface area contributed by atoms with Gasteiger partial charge < -0.3 is 10.2 Å². The van der Waals surface area contributed by atoms with E-state index in [0.29, 0.717) is 6.42 Å². The zero-order chi connectivity index (χ0) is 10.5. The summed E-state index contributed by atoms with van der Waals surface area (Å²) in [5.74, 6) is -0.684. The van der Waals surface area contributed by atoms with E-state index < -0.39 is 12.2 Å². The Morgan fingerprint density at radius 1 is 1.43 bits per heavy atom. The number of hydrogen-bond donors (Lipinski definition) is 2. The van der Waals surface area contributed by atoms with E-state index in [0.717, 1.165) is 4.90 Å². The van der Waals surface area contributed by atoms with Crippen molar-refractivity contribution in [2.75, 3.05) is 13.2 Å². The Labute approximate surface area is 81.3 Å². The zero-order valence-electron chi connectivity index (χ0n) is 7.93. The molecule has 1 aliphatic carbocycles. The van der Waals surface area contributed by atoms with E-state index in [-0.39, 0.29) is 30.2 Å². The highest BCUT2D eigenvalue weighted by atomic mass is 16.3. The molecule has 5 heteroatoms. The number of fused-ring (bicyclic) bond motifs is 1.